The van der Waals surface area contributed by atoms with E-state index in [-0.39, 0.29) is 0 Å². The van der Waals surface area contributed by atoms with Gasteiger partial charge in [-0.05, 0) is 6.92 Å². The summed E-state index contributed by atoms with van der Waals surface area (Å²) in [6.45, 7) is 1.89. The van der Waals surface area contributed by atoms with Gasteiger partial charge in [-0.2, -0.15) is 0 Å². The number of aliphatic imine (C=N–C) groups is 1. The molecule has 0 fully saturated rings. The SMILES string of the molecule is CC1=NC=CNN1. The average Bonchev–Trinajstić information content (AvgIpc) is 1.69. The van der Waals surface area contributed by atoms with Crippen molar-refractivity contribution in [2.75, 3.05) is 0 Å². The van der Waals surface area contributed by atoms with E-state index in [0.29, 0.717) is 0 Å². The first-order valence-corrected chi connectivity index (χ1v) is 2.10. The lowest BCUT2D eigenvalue weighted by Gasteiger charge is -2.05. The fourth-order valence-electron chi connectivity index (χ4n) is 0.365. The summed E-state index contributed by atoms with van der Waals surface area (Å²) in [4.78, 5) is 3.89. The molecule has 3 nitrogen and oxygen atoms in total. The molecule has 0 aliphatic carbocycles. The first-order valence-electron chi connectivity index (χ1n) is 2.10. The van der Waals surface area contributed by atoms with Crippen LogP contribution in [0.4, 0.5) is 0 Å². The molecular formula is C4H7N3. The Morgan fingerprint density at radius 1 is 1.71 bits per heavy atom. The summed E-state index contributed by atoms with van der Waals surface area (Å²) in [7, 11) is 0. The van der Waals surface area contributed by atoms with Crippen molar-refractivity contribution in [3.8, 4) is 0 Å². The molecule has 0 bridgehead atoms. The molecule has 0 amide bonds. The minimum Gasteiger partial charge on any atom is -0.306 e. The van der Waals surface area contributed by atoms with Crippen LogP contribution >= 0.6 is 0 Å². The Balaban J connectivity index is 2.57. The van der Waals surface area contributed by atoms with E-state index in [1.54, 1.807) is 12.4 Å². The highest BCUT2D eigenvalue weighted by Crippen LogP contribution is 1.77. The highest BCUT2D eigenvalue weighted by atomic mass is 15.4. The number of hydrazine groups is 1. The molecule has 1 aliphatic heterocycles. The van der Waals surface area contributed by atoms with Crippen molar-refractivity contribution in [1.29, 1.82) is 0 Å². The Kier molecular flexibility index (Phi) is 0.978. The van der Waals surface area contributed by atoms with E-state index in [1.165, 1.54) is 0 Å². The van der Waals surface area contributed by atoms with Gasteiger partial charge in [0.05, 0.1) is 0 Å². The number of nitrogens with one attached hydrogen (secondary N) is 2. The second-order valence-corrected chi connectivity index (χ2v) is 1.30. The zero-order valence-corrected chi connectivity index (χ0v) is 4.10. The molecule has 0 aromatic carbocycles. The molecule has 0 aromatic heterocycles. The van der Waals surface area contributed by atoms with E-state index in [2.05, 4.69) is 15.8 Å². The number of nitrogens with zero attached hydrogens (tertiary/aromatic N) is 1. The topological polar surface area (TPSA) is 36.4 Å². The van der Waals surface area contributed by atoms with Gasteiger partial charge in [0.25, 0.3) is 0 Å². The molecule has 0 saturated heterocycles. The maximum Gasteiger partial charge on any atom is 0.117 e. The van der Waals surface area contributed by atoms with Gasteiger partial charge in [0.1, 0.15) is 5.84 Å². The van der Waals surface area contributed by atoms with E-state index in [4.69, 9.17) is 0 Å². The van der Waals surface area contributed by atoms with Gasteiger partial charge in [-0.1, -0.05) is 0 Å². The third kappa shape index (κ3) is 0.924. The van der Waals surface area contributed by atoms with Gasteiger partial charge in [0.15, 0.2) is 0 Å². The van der Waals surface area contributed by atoms with Crippen LogP contribution in [0.15, 0.2) is 17.4 Å². The molecule has 0 radical (unpaired) electrons. The van der Waals surface area contributed by atoms with E-state index >= 15 is 0 Å². The quantitative estimate of drug-likeness (QED) is 0.446. The third-order valence-electron chi connectivity index (χ3n) is 0.679. The van der Waals surface area contributed by atoms with Gasteiger partial charge in [0.2, 0.25) is 0 Å². The number of amidine groups is 1. The second-order valence-electron chi connectivity index (χ2n) is 1.30. The second kappa shape index (κ2) is 1.64. The van der Waals surface area contributed by atoms with Gasteiger partial charge in [-0.15, -0.1) is 0 Å². The molecule has 0 spiro atoms. The van der Waals surface area contributed by atoms with Crippen molar-refractivity contribution < 1.29 is 0 Å². The lowest BCUT2D eigenvalue weighted by molar-refractivity contribution is 0.797. The molecule has 7 heavy (non-hydrogen) atoms. The van der Waals surface area contributed by atoms with Crippen LogP contribution in [0.3, 0.4) is 0 Å². The van der Waals surface area contributed by atoms with Crippen molar-refractivity contribution in [1.82, 2.24) is 10.9 Å². The molecule has 0 unspecified atom stereocenters. The lowest BCUT2D eigenvalue weighted by Crippen LogP contribution is -2.33. The average molecular weight is 97.1 g/mol. The summed E-state index contributed by atoms with van der Waals surface area (Å²) in [6.07, 6.45) is 3.43. The number of hydrogen-bond donors (Lipinski definition) is 2. The summed E-state index contributed by atoms with van der Waals surface area (Å²) in [6, 6.07) is 0. The summed E-state index contributed by atoms with van der Waals surface area (Å²) in [5.74, 6) is 0.891. The molecule has 0 saturated carbocycles. The van der Waals surface area contributed by atoms with Crippen molar-refractivity contribution in [3.63, 3.8) is 0 Å². The molecule has 0 atom stereocenters. The molecule has 3 heteroatoms. The zero-order chi connectivity index (χ0) is 5.11. The lowest BCUT2D eigenvalue weighted by atomic mass is 10.7. The van der Waals surface area contributed by atoms with Crippen molar-refractivity contribution in [3.05, 3.63) is 12.4 Å². The first kappa shape index (κ1) is 4.18. The predicted molar refractivity (Wildman–Crippen MR) is 28.5 cm³/mol. The van der Waals surface area contributed by atoms with Crippen molar-refractivity contribution in [2.45, 2.75) is 6.92 Å². The molecule has 2 N–H and O–H groups in total. The van der Waals surface area contributed by atoms with Crippen LogP contribution in [-0.2, 0) is 0 Å². The standard InChI is InChI=1S/C4H7N3/c1-4-5-2-3-6-7-4/h2-3,6H,1H3,(H,5,7). The van der Waals surface area contributed by atoms with Crippen LogP contribution < -0.4 is 10.9 Å². The Bertz CT molecular complexity index is 114. The molecular weight excluding hydrogens is 90.1 g/mol. The number of hydrogen-bond acceptors (Lipinski definition) is 3. The van der Waals surface area contributed by atoms with Crippen LogP contribution in [0.25, 0.3) is 0 Å². The maximum atomic E-state index is 3.89. The van der Waals surface area contributed by atoms with Crippen molar-refractivity contribution >= 4 is 5.84 Å². The molecule has 1 heterocycles. The normalized spacial score (nSPS) is 17.0. The monoisotopic (exact) mass is 97.1 g/mol. The van der Waals surface area contributed by atoms with E-state index in [9.17, 15) is 0 Å². The fraction of sp³-hybridized carbons (Fsp3) is 0.250. The molecule has 38 valence electrons. The van der Waals surface area contributed by atoms with Crippen molar-refractivity contribution in [2.24, 2.45) is 4.99 Å². The molecule has 1 rings (SSSR count). The Morgan fingerprint density at radius 2 is 2.57 bits per heavy atom. The van der Waals surface area contributed by atoms with E-state index in [0.717, 1.165) is 5.84 Å². The Morgan fingerprint density at radius 3 is 2.86 bits per heavy atom. The van der Waals surface area contributed by atoms with Gasteiger partial charge >= 0.3 is 0 Å². The highest BCUT2D eigenvalue weighted by Gasteiger charge is 1.85. The smallest absolute Gasteiger partial charge is 0.117 e. The van der Waals surface area contributed by atoms with E-state index in [1.807, 2.05) is 6.92 Å². The van der Waals surface area contributed by atoms with Crippen LogP contribution in [0.1, 0.15) is 6.92 Å². The number of rotatable bonds is 0. The summed E-state index contributed by atoms with van der Waals surface area (Å²) < 4.78 is 0. The van der Waals surface area contributed by atoms with Crippen LogP contribution in [0.5, 0.6) is 0 Å². The summed E-state index contributed by atoms with van der Waals surface area (Å²) >= 11 is 0. The Labute approximate surface area is 42.1 Å². The molecule has 1 aliphatic rings. The minimum absolute atomic E-state index is 0.891. The first-order chi connectivity index (χ1) is 3.39. The van der Waals surface area contributed by atoms with Gasteiger partial charge < -0.3 is 5.43 Å². The fourth-order valence-corrected chi connectivity index (χ4v) is 0.365. The predicted octanol–water partition coefficient (Wildman–Crippen LogP) is -0.0162. The van der Waals surface area contributed by atoms with E-state index < -0.39 is 0 Å². The zero-order valence-electron chi connectivity index (χ0n) is 4.10. The maximum absolute atomic E-state index is 3.89. The van der Waals surface area contributed by atoms with Crippen LogP contribution in [-0.4, -0.2) is 5.84 Å². The van der Waals surface area contributed by atoms with Gasteiger partial charge in [-0.25, -0.2) is 4.99 Å². The third-order valence-corrected chi connectivity index (χ3v) is 0.679. The summed E-state index contributed by atoms with van der Waals surface area (Å²) in [5.41, 5.74) is 5.57. The van der Waals surface area contributed by atoms with Crippen LogP contribution in [0, 0.1) is 0 Å². The summed E-state index contributed by atoms with van der Waals surface area (Å²) in [5, 5.41) is 0. The van der Waals surface area contributed by atoms with Gasteiger partial charge in [0, 0.05) is 12.4 Å². The van der Waals surface area contributed by atoms with Crippen LogP contribution in [0.2, 0.25) is 0 Å². The largest absolute Gasteiger partial charge is 0.306 e. The van der Waals surface area contributed by atoms with Gasteiger partial charge in [-0.3, -0.25) is 5.43 Å². The minimum atomic E-state index is 0.891. The highest BCUT2D eigenvalue weighted by molar-refractivity contribution is 5.80. The molecule has 0 aromatic rings. The Hall–Kier alpha value is -0.990.